The number of carbonyl (C=O) groups excluding carboxylic acids is 2. The number of likely N-dealkylation sites (N-methyl/N-ethyl adjacent to an activating group) is 1. The molecule has 2 rings (SSSR count). The standard InChI is InChI=1S/C19H21ClN2O5S/c1-14-3-9-17(10-4-14)28(25,26)22(2)12-19(24)27-13-18(23)21-11-15-5-7-16(20)8-6-15/h3-10H,11-13H2,1-2H3,(H,21,23). The van der Waals surface area contributed by atoms with E-state index < -0.39 is 35.1 Å². The summed E-state index contributed by atoms with van der Waals surface area (Å²) in [7, 11) is -2.54. The maximum absolute atomic E-state index is 12.4. The van der Waals surface area contributed by atoms with Crippen molar-refractivity contribution in [1.29, 1.82) is 0 Å². The van der Waals surface area contributed by atoms with Crippen molar-refractivity contribution in [3.8, 4) is 0 Å². The van der Waals surface area contributed by atoms with E-state index in [1.807, 2.05) is 6.92 Å². The number of esters is 1. The smallest absolute Gasteiger partial charge is 0.321 e. The molecular formula is C19H21ClN2O5S. The first-order valence-electron chi connectivity index (χ1n) is 8.38. The van der Waals surface area contributed by atoms with Gasteiger partial charge in [0.05, 0.1) is 4.90 Å². The van der Waals surface area contributed by atoms with Gasteiger partial charge in [-0.3, -0.25) is 9.59 Å². The van der Waals surface area contributed by atoms with Crippen molar-refractivity contribution in [2.24, 2.45) is 0 Å². The molecule has 0 radical (unpaired) electrons. The van der Waals surface area contributed by atoms with Crippen molar-refractivity contribution in [3.63, 3.8) is 0 Å². The molecular weight excluding hydrogens is 404 g/mol. The first-order valence-corrected chi connectivity index (χ1v) is 10.2. The van der Waals surface area contributed by atoms with Gasteiger partial charge in [0.25, 0.3) is 5.91 Å². The fraction of sp³-hybridized carbons (Fsp3) is 0.263. The Bertz CT molecular complexity index is 928. The zero-order chi connectivity index (χ0) is 20.7. The lowest BCUT2D eigenvalue weighted by molar-refractivity contribution is -0.148. The van der Waals surface area contributed by atoms with E-state index in [4.69, 9.17) is 16.3 Å². The van der Waals surface area contributed by atoms with Crippen LogP contribution in [-0.2, 0) is 30.9 Å². The number of benzene rings is 2. The van der Waals surface area contributed by atoms with Crippen LogP contribution in [0.25, 0.3) is 0 Å². The normalized spacial score (nSPS) is 11.3. The largest absolute Gasteiger partial charge is 0.455 e. The molecule has 0 heterocycles. The number of ether oxygens (including phenoxy) is 1. The number of rotatable bonds is 8. The third kappa shape index (κ3) is 6.33. The molecule has 0 aliphatic heterocycles. The van der Waals surface area contributed by atoms with Gasteiger partial charge in [-0.2, -0.15) is 4.31 Å². The average molecular weight is 425 g/mol. The highest BCUT2D eigenvalue weighted by atomic mass is 35.5. The van der Waals surface area contributed by atoms with Crippen LogP contribution in [0.5, 0.6) is 0 Å². The van der Waals surface area contributed by atoms with Gasteiger partial charge in [0.15, 0.2) is 6.61 Å². The van der Waals surface area contributed by atoms with Gasteiger partial charge in [0, 0.05) is 18.6 Å². The van der Waals surface area contributed by atoms with Crippen molar-refractivity contribution in [2.75, 3.05) is 20.2 Å². The van der Waals surface area contributed by atoms with Crippen molar-refractivity contribution in [2.45, 2.75) is 18.4 Å². The average Bonchev–Trinajstić information content (AvgIpc) is 2.66. The molecule has 0 aliphatic carbocycles. The highest BCUT2D eigenvalue weighted by Crippen LogP contribution is 2.15. The van der Waals surface area contributed by atoms with Crippen molar-refractivity contribution >= 4 is 33.5 Å². The summed E-state index contributed by atoms with van der Waals surface area (Å²) < 4.78 is 30.6. The van der Waals surface area contributed by atoms with E-state index in [1.165, 1.54) is 19.2 Å². The molecule has 0 atom stereocenters. The van der Waals surface area contributed by atoms with Crippen molar-refractivity contribution in [1.82, 2.24) is 9.62 Å². The fourth-order valence-electron chi connectivity index (χ4n) is 2.20. The zero-order valence-corrected chi connectivity index (χ0v) is 17.1. The Morgan fingerprint density at radius 2 is 1.68 bits per heavy atom. The van der Waals surface area contributed by atoms with E-state index in [-0.39, 0.29) is 11.4 Å². The third-order valence-electron chi connectivity index (χ3n) is 3.85. The van der Waals surface area contributed by atoms with Crippen LogP contribution < -0.4 is 5.32 Å². The van der Waals surface area contributed by atoms with E-state index in [2.05, 4.69) is 5.32 Å². The molecule has 0 unspecified atom stereocenters. The minimum absolute atomic E-state index is 0.0779. The molecule has 0 saturated carbocycles. The molecule has 0 fully saturated rings. The highest BCUT2D eigenvalue weighted by Gasteiger charge is 2.23. The van der Waals surface area contributed by atoms with E-state index in [0.29, 0.717) is 5.02 Å². The van der Waals surface area contributed by atoms with E-state index in [1.54, 1.807) is 36.4 Å². The Balaban J connectivity index is 1.80. The van der Waals surface area contributed by atoms with Crippen LogP contribution in [0.3, 0.4) is 0 Å². The lowest BCUT2D eigenvalue weighted by Gasteiger charge is -2.16. The van der Waals surface area contributed by atoms with Crippen LogP contribution in [0.15, 0.2) is 53.4 Å². The second kappa shape index (κ2) is 9.68. The number of halogens is 1. The number of nitrogens with zero attached hydrogens (tertiary/aromatic N) is 1. The SMILES string of the molecule is Cc1ccc(S(=O)(=O)N(C)CC(=O)OCC(=O)NCc2ccc(Cl)cc2)cc1. The first kappa shape index (κ1) is 21.9. The molecule has 2 aromatic carbocycles. The summed E-state index contributed by atoms with van der Waals surface area (Å²) in [6.45, 7) is 1.11. The lowest BCUT2D eigenvalue weighted by atomic mass is 10.2. The second-order valence-corrected chi connectivity index (χ2v) is 8.62. The topological polar surface area (TPSA) is 92.8 Å². The Morgan fingerprint density at radius 1 is 1.07 bits per heavy atom. The molecule has 2 aromatic rings. The van der Waals surface area contributed by atoms with Gasteiger partial charge >= 0.3 is 5.97 Å². The summed E-state index contributed by atoms with van der Waals surface area (Å²) in [5.74, 6) is -1.31. The van der Waals surface area contributed by atoms with E-state index in [0.717, 1.165) is 15.4 Å². The summed E-state index contributed by atoms with van der Waals surface area (Å²) in [5, 5.41) is 3.19. The number of amides is 1. The molecule has 0 aromatic heterocycles. The van der Waals surface area contributed by atoms with E-state index in [9.17, 15) is 18.0 Å². The van der Waals surface area contributed by atoms with Crippen LogP contribution in [0.4, 0.5) is 0 Å². The number of nitrogens with one attached hydrogen (secondary N) is 1. The molecule has 9 heteroatoms. The maximum atomic E-state index is 12.4. The number of sulfonamides is 1. The Morgan fingerprint density at radius 3 is 2.29 bits per heavy atom. The quantitative estimate of drug-likeness (QED) is 0.655. The third-order valence-corrected chi connectivity index (χ3v) is 5.92. The highest BCUT2D eigenvalue weighted by molar-refractivity contribution is 7.89. The molecule has 7 nitrogen and oxygen atoms in total. The van der Waals surface area contributed by atoms with Crippen molar-refractivity contribution < 1.29 is 22.7 Å². The lowest BCUT2D eigenvalue weighted by Crippen LogP contribution is -2.35. The van der Waals surface area contributed by atoms with Gasteiger partial charge in [-0.15, -0.1) is 0 Å². The number of hydrogen-bond acceptors (Lipinski definition) is 5. The molecule has 0 bridgehead atoms. The number of carbonyl (C=O) groups is 2. The summed E-state index contributed by atoms with van der Waals surface area (Å²) in [4.78, 5) is 23.7. The van der Waals surface area contributed by atoms with Gasteiger partial charge in [0.1, 0.15) is 6.54 Å². The van der Waals surface area contributed by atoms with Gasteiger partial charge in [-0.1, -0.05) is 41.4 Å². The summed E-state index contributed by atoms with van der Waals surface area (Å²) in [6, 6.07) is 13.2. The van der Waals surface area contributed by atoms with Crippen LogP contribution in [0.2, 0.25) is 5.02 Å². The maximum Gasteiger partial charge on any atom is 0.321 e. The summed E-state index contributed by atoms with van der Waals surface area (Å²) in [5.41, 5.74) is 1.76. The predicted molar refractivity (Wildman–Crippen MR) is 105 cm³/mol. The second-order valence-electron chi connectivity index (χ2n) is 6.14. The monoisotopic (exact) mass is 424 g/mol. The summed E-state index contributed by atoms with van der Waals surface area (Å²) >= 11 is 5.79. The zero-order valence-electron chi connectivity index (χ0n) is 15.5. The van der Waals surface area contributed by atoms with Gasteiger partial charge in [-0.05, 0) is 36.8 Å². The van der Waals surface area contributed by atoms with Crippen molar-refractivity contribution in [3.05, 3.63) is 64.7 Å². The Kier molecular flexibility index (Phi) is 7.56. The minimum atomic E-state index is -3.82. The Hall–Kier alpha value is -2.42. The van der Waals surface area contributed by atoms with Crippen LogP contribution in [0, 0.1) is 6.92 Å². The van der Waals surface area contributed by atoms with Crippen LogP contribution >= 0.6 is 11.6 Å². The fourth-order valence-corrected chi connectivity index (χ4v) is 3.44. The predicted octanol–water partition coefficient (Wildman–Crippen LogP) is 2.13. The van der Waals surface area contributed by atoms with E-state index >= 15 is 0 Å². The molecule has 1 N–H and O–H groups in total. The molecule has 0 spiro atoms. The van der Waals surface area contributed by atoms with Crippen LogP contribution in [0.1, 0.15) is 11.1 Å². The first-order chi connectivity index (χ1) is 13.2. The molecule has 150 valence electrons. The molecule has 0 saturated heterocycles. The van der Waals surface area contributed by atoms with Gasteiger partial charge in [-0.25, -0.2) is 8.42 Å². The minimum Gasteiger partial charge on any atom is -0.455 e. The molecule has 0 aliphatic rings. The number of hydrogen-bond donors (Lipinski definition) is 1. The Labute approximate surface area is 169 Å². The van der Waals surface area contributed by atoms with Gasteiger partial charge < -0.3 is 10.1 Å². The molecule has 1 amide bonds. The number of aryl methyl sites for hydroxylation is 1. The summed E-state index contributed by atoms with van der Waals surface area (Å²) in [6.07, 6.45) is 0. The van der Waals surface area contributed by atoms with Gasteiger partial charge in [0.2, 0.25) is 10.0 Å². The van der Waals surface area contributed by atoms with Crippen LogP contribution in [-0.4, -0.2) is 44.8 Å². The molecule has 28 heavy (non-hydrogen) atoms.